The van der Waals surface area contributed by atoms with Gasteiger partial charge in [-0.05, 0) is 69.8 Å². The monoisotopic (exact) mass is 332 g/mol. The Morgan fingerprint density at radius 2 is 1.96 bits per heavy atom. The molecule has 1 aromatic rings. The van der Waals surface area contributed by atoms with Gasteiger partial charge >= 0.3 is 0 Å². The summed E-state index contributed by atoms with van der Waals surface area (Å²) in [6, 6.07) is 7.80. The lowest BCUT2D eigenvalue weighted by atomic mass is 9.89. The van der Waals surface area contributed by atoms with Crippen LogP contribution in [0.15, 0.2) is 24.3 Å². The highest BCUT2D eigenvalue weighted by Crippen LogP contribution is 2.30. The van der Waals surface area contributed by atoms with Gasteiger partial charge in [0.15, 0.2) is 0 Å². The molecule has 1 saturated heterocycles. The van der Waals surface area contributed by atoms with E-state index in [0.29, 0.717) is 6.42 Å². The van der Waals surface area contributed by atoms with E-state index in [1.54, 1.807) is 0 Å². The summed E-state index contributed by atoms with van der Waals surface area (Å²) in [4.78, 5) is 16.8. The van der Waals surface area contributed by atoms with E-state index in [4.69, 9.17) is 0 Å². The molecule has 4 heteroatoms. The van der Waals surface area contributed by atoms with Gasteiger partial charge in [-0.15, -0.1) is 0 Å². The Labute approximate surface area is 146 Å². The molecule has 1 atom stereocenters. The van der Waals surface area contributed by atoms with Crippen molar-refractivity contribution in [1.29, 1.82) is 0 Å². The molecular formula is C20H32N2O2. The van der Waals surface area contributed by atoms with Gasteiger partial charge in [0.25, 0.3) is 5.91 Å². The Kier molecular flexibility index (Phi) is 5.71. The van der Waals surface area contributed by atoms with E-state index < -0.39 is 5.60 Å². The smallest absolute Gasteiger partial charge is 0.253 e. The van der Waals surface area contributed by atoms with Gasteiger partial charge in [-0.25, -0.2) is 0 Å². The predicted octanol–water partition coefficient (Wildman–Crippen LogP) is 2.80. The van der Waals surface area contributed by atoms with Gasteiger partial charge in [0, 0.05) is 25.7 Å². The van der Waals surface area contributed by atoms with E-state index in [9.17, 15) is 9.90 Å². The topological polar surface area (TPSA) is 43.8 Å². The van der Waals surface area contributed by atoms with E-state index >= 15 is 0 Å². The number of benzene rings is 1. The van der Waals surface area contributed by atoms with Crippen LogP contribution in [-0.4, -0.2) is 60.1 Å². The van der Waals surface area contributed by atoms with Crippen LogP contribution in [0, 0.1) is 5.41 Å². The zero-order chi connectivity index (χ0) is 18.0. The predicted molar refractivity (Wildman–Crippen MR) is 98.2 cm³/mol. The van der Waals surface area contributed by atoms with E-state index in [-0.39, 0.29) is 11.3 Å². The van der Waals surface area contributed by atoms with E-state index in [1.807, 2.05) is 50.1 Å². The number of aliphatic hydroxyl groups is 1. The molecule has 2 rings (SSSR count). The Morgan fingerprint density at radius 3 is 2.46 bits per heavy atom. The number of rotatable bonds is 6. The molecule has 134 valence electrons. The summed E-state index contributed by atoms with van der Waals surface area (Å²) < 4.78 is 0. The molecule has 0 radical (unpaired) electrons. The van der Waals surface area contributed by atoms with Crippen molar-refractivity contribution >= 4 is 5.91 Å². The number of hydrogen-bond donors (Lipinski definition) is 1. The molecule has 1 amide bonds. The van der Waals surface area contributed by atoms with E-state index in [2.05, 4.69) is 18.9 Å². The Morgan fingerprint density at radius 1 is 1.33 bits per heavy atom. The molecule has 24 heavy (non-hydrogen) atoms. The van der Waals surface area contributed by atoms with Crippen LogP contribution in [-0.2, 0) is 6.42 Å². The highest BCUT2D eigenvalue weighted by atomic mass is 16.3. The maximum absolute atomic E-state index is 12.7. The summed E-state index contributed by atoms with van der Waals surface area (Å²) in [6.45, 7) is 8.84. The van der Waals surface area contributed by atoms with Crippen LogP contribution in [0.5, 0.6) is 0 Å². The number of carbonyl (C=O) groups excluding carboxylic acids is 1. The fraction of sp³-hybridized carbons (Fsp3) is 0.650. The molecule has 1 aromatic carbocycles. The second-order valence-corrected chi connectivity index (χ2v) is 8.47. The fourth-order valence-corrected chi connectivity index (χ4v) is 3.53. The maximum atomic E-state index is 12.7. The molecule has 0 bridgehead atoms. The number of nitrogens with zero attached hydrogens (tertiary/aromatic N) is 2. The first-order valence-corrected chi connectivity index (χ1v) is 8.83. The SMILES string of the molecule is CN1CC[C@](C)(CN(C)C(=O)c2ccc(CCC(C)(C)O)cc2)C1. The lowest BCUT2D eigenvalue weighted by molar-refractivity contribution is 0.0710. The molecule has 1 aliphatic rings. The molecule has 0 saturated carbocycles. The third-order valence-electron chi connectivity index (χ3n) is 4.94. The average molecular weight is 332 g/mol. The fourth-order valence-electron chi connectivity index (χ4n) is 3.53. The lowest BCUT2D eigenvalue weighted by Crippen LogP contribution is -2.38. The summed E-state index contributed by atoms with van der Waals surface area (Å²) in [5.41, 5.74) is 1.42. The van der Waals surface area contributed by atoms with E-state index in [1.165, 1.54) is 0 Å². The van der Waals surface area contributed by atoms with Gasteiger partial charge < -0.3 is 14.9 Å². The normalized spacial score (nSPS) is 21.9. The average Bonchev–Trinajstić information content (AvgIpc) is 2.83. The van der Waals surface area contributed by atoms with Crippen molar-refractivity contribution in [1.82, 2.24) is 9.80 Å². The van der Waals surface area contributed by atoms with Gasteiger partial charge in [0.2, 0.25) is 0 Å². The number of likely N-dealkylation sites (tertiary alicyclic amines) is 1. The second-order valence-electron chi connectivity index (χ2n) is 8.47. The minimum atomic E-state index is -0.654. The molecule has 0 aliphatic carbocycles. The van der Waals surface area contributed by atoms with Gasteiger partial charge in [0.05, 0.1) is 5.60 Å². The molecule has 0 aromatic heterocycles. The van der Waals surface area contributed by atoms with Gasteiger partial charge in [-0.1, -0.05) is 19.1 Å². The van der Waals surface area contributed by atoms with Crippen molar-refractivity contribution in [3.8, 4) is 0 Å². The number of carbonyl (C=O) groups is 1. The van der Waals surface area contributed by atoms with Gasteiger partial charge in [0.1, 0.15) is 0 Å². The zero-order valence-electron chi connectivity index (χ0n) is 15.8. The first-order chi connectivity index (χ1) is 11.1. The molecule has 1 heterocycles. The quantitative estimate of drug-likeness (QED) is 0.871. The van der Waals surface area contributed by atoms with Crippen LogP contribution in [0.4, 0.5) is 0 Å². The van der Waals surface area contributed by atoms with Crippen molar-refractivity contribution in [2.45, 2.75) is 45.6 Å². The minimum Gasteiger partial charge on any atom is -0.390 e. The number of amides is 1. The summed E-state index contributed by atoms with van der Waals surface area (Å²) in [6.07, 6.45) is 2.67. The zero-order valence-corrected chi connectivity index (χ0v) is 15.8. The molecule has 0 unspecified atom stereocenters. The molecular weight excluding hydrogens is 300 g/mol. The van der Waals surface area contributed by atoms with Crippen molar-refractivity contribution in [3.05, 3.63) is 35.4 Å². The standard InChI is InChI=1S/C20H32N2O2/c1-19(2,24)11-10-16-6-8-17(9-7-16)18(23)22(5)15-20(3)12-13-21(4)14-20/h6-9,24H,10-15H2,1-5H3/t20-/m0/s1. The minimum absolute atomic E-state index is 0.0832. The van der Waals surface area contributed by atoms with Crippen LogP contribution in [0.25, 0.3) is 0 Å². The molecule has 1 aliphatic heterocycles. The van der Waals surface area contributed by atoms with Crippen LogP contribution < -0.4 is 0 Å². The molecule has 0 spiro atoms. The van der Waals surface area contributed by atoms with E-state index in [0.717, 1.165) is 43.6 Å². The molecule has 1 N–H and O–H groups in total. The highest BCUT2D eigenvalue weighted by Gasteiger charge is 2.34. The Bertz CT molecular complexity index is 562. The summed E-state index contributed by atoms with van der Waals surface area (Å²) in [5.74, 6) is 0.0832. The molecule has 4 nitrogen and oxygen atoms in total. The number of hydrogen-bond acceptors (Lipinski definition) is 3. The van der Waals surface area contributed by atoms with Crippen LogP contribution in [0.3, 0.4) is 0 Å². The molecule has 1 fully saturated rings. The third kappa shape index (κ3) is 5.32. The summed E-state index contributed by atoms with van der Waals surface area (Å²) in [7, 11) is 4.04. The summed E-state index contributed by atoms with van der Waals surface area (Å²) >= 11 is 0. The first-order valence-electron chi connectivity index (χ1n) is 8.83. The van der Waals surface area contributed by atoms with Crippen molar-refractivity contribution < 1.29 is 9.90 Å². The third-order valence-corrected chi connectivity index (χ3v) is 4.94. The van der Waals surface area contributed by atoms with Gasteiger partial charge in [-0.2, -0.15) is 0 Å². The van der Waals surface area contributed by atoms with Crippen molar-refractivity contribution in [3.63, 3.8) is 0 Å². The number of aryl methyl sites for hydroxylation is 1. The highest BCUT2D eigenvalue weighted by molar-refractivity contribution is 5.94. The van der Waals surface area contributed by atoms with Crippen LogP contribution in [0.2, 0.25) is 0 Å². The largest absolute Gasteiger partial charge is 0.390 e. The lowest BCUT2D eigenvalue weighted by Gasteiger charge is -2.30. The second kappa shape index (κ2) is 7.24. The van der Waals surface area contributed by atoms with Gasteiger partial charge in [-0.3, -0.25) is 4.79 Å². The van der Waals surface area contributed by atoms with Crippen molar-refractivity contribution in [2.24, 2.45) is 5.41 Å². The maximum Gasteiger partial charge on any atom is 0.253 e. The first kappa shape index (κ1) is 18.9. The van der Waals surface area contributed by atoms with Crippen molar-refractivity contribution in [2.75, 3.05) is 33.7 Å². The summed E-state index contributed by atoms with van der Waals surface area (Å²) in [5, 5.41) is 9.81. The van der Waals surface area contributed by atoms with Crippen LogP contribution >= 0.6 is 0 Å². The Balaban J connectivity index is 1.94. The Hall–Kier alpha value is -1.39. The van der Waals surface area contributed by atoms with Crippen LogP contribution in [0.1, 0.15) is 49.5 Å².